The Labute approximate surface area is 137 Å². The second kappa shape index (κ2) is 5.42. The number of carbonyl (C=O) groups is 2. The number of benzene rings is 2. The van der Waals surface area contributed by atoms with Crippen LogP contribution in [0.1, 0.15) is 21.8 Å². The molecule has 2 heterocycles. The molecule has 0 fully saturated rings. The van der Waals surface area contributed by atoms with Gasteiger partial charge in [-0.15, -0.1) is 10.2 Å². The number of aryl methyl sites for hydroxylation is 1. The standard InChI is InChI=1S/C18H13N3O3/c1-11-7-8-14-13(9-11)16(22)18(23)21(14)10-15-19-20-17(24-15)12-5-3-2-4-6-12/h2-9H,10H2,1H3. The van der Waals surface area contributed by atoms with E-state index in [1.54, 1.807) is 12.1 Å². The van der Waals surface area contributed by atoms with Crippen molar-refractivity contribution in [1.29, 1.82) is 0 Å². The summed E-state index contributed by atoms with van der Waals surface area (Å²) in [5, 5.41) is 7.99. The normalized spacial score (nSPS) is 13.5. The van der Waals surface area contributed by atoms with Gasteiger partial charge in [-0.2, -0.15) is 0 Å². The number of aromatic nitrogens is 2. The van der Waals surface area contributed by atoms with Crippen LogP contribution in [0, 0.1) is 6.92 Å². The number of nitrogens with zero attached hydrogens (tertiary/aromatic N) is 3. The summed E-state index contributed by atoms with van der Waals surface area (Å²) in [7, 11) is 0. The fourth-order valence-electron chi connectivity index (χ4n) is 2.72. The molecule has 0 saturated heterocycles. The highest BCUT2D eigenvalue weighted by atomic mass is 16.4. The third kappa shape index (κ3) is 2.28. The van der Waals surface area contributed by atoms with Crippen LogP contribution in [0.4, 0.5) is 5.69 Å². The SMILES string of the molecule is Cc1ccc2c(c1)C(=O)C(=O)N2Cc1nnc(-c2ccccc2)o1. The van der Waals surface area contributed by atoms with Gasteiger partial charge >= 0.3 is 0 Å². The Balaban J connectivity index is 1.64. The number of carbonyl (C=O) groups excluding carboxylic acids is 2. The Morgan fingerprint density at radius 2 is 1.83 bits per heavy atom. The Morgan fingerprint density at radius 1 is 1.04 bits per heavy atom. The van der Waals surface area contributed by atoms with Crippen molar-refractivity contribution in [2.45, 2.75) is 13.5 Å². The first-order valence-electron chi connectivity index (χ1n) is 7.48. The van der Waals surface area contributed by atoms with E-state index in [-0.39, 0.29) is 12.4 Å². The maximum Gasteiger partial charge on any atom is 0.299 e. The molecule has 1 amide bonds. The van der Waals surface area contributed by atoms with Gasteiger partial charge in [0, 0.05) is 5.56 Å². The summed E-state index contributed by atoms with van der Waals surface area (Å²) in [4.78, 5) is 25.7. The van der Waals surface area contributed by atoms with Crippen molar-refractivity contribution < 1.29 is 14.0 Å². The van der Waals surface area contributed by atoms with Crippen molar-refractivity contribution in [2.75, 3.05) is 4.90 Å². The number of rotatable bonds is 3. The monoisotopic (exact) mass is 319 g/mol. The molecule has 6 nitrogen and oxygen atoms in total. The van der Waals surface area contributed by atoms with E-state index >= 15 is 0 Å². The summed E-state index contributed by atoms with van der Waals surface area (Å²) in [6.07, 6.45) is 0. The highest BCUT2D eigenvalue weighted by molar-refractivity contribution is 6.52. The zero-order valence-corrected chi connectivity index (χ0v) is 12.9. The van der Waals surface area contributed by atoms with Crippen LogP contribution in [0.3, 0.4) is 0 Å². The van der Waals surface area contributed by atoms with Gasteiger partial charge in [-0.3, -0.25) is 14.5 Å². The van der Waals surface area contributed by atoms with Crippen LogP contribution < -0.4 is 4.90 Å². The average Bonchev–Trinajstić information content (AvgIpc) is 3.16. The molecule has 2 aromatic carbocycles. The molecule has 0 aliphatic carbocycles. The predicted octanol–water partition coefficient (Wildman–Crippen LogP) is 2.77. The highest BCUT2D eigenvalue weighted by Crippen LogP contribution is 2.31. The second-order valence-corrected chi connectivity index (χ2v) is 5.61. The predicted molar refractivity (Wildman–Crippen MR) is 86.4 cm³/mol. The summed E-state index contributed by atoms with van der Waals surface area (Å²) in [6.45, 7) is 1.95. The maximum atomic E-state index is 12.2. The Bertz CT molecular complexity index is 947. The van der Waals surface area contributed by atoms with Crippen LogP contribution in [-0.4, -0.2) is 21.9 Å². The number of amides is 1. The summed E-state index contributed by atoms with van der Waals surface area (Å²) >= 11 is 0. The van der Waals surface area contributed by atoms with Crippen molar-refractivity contribution in [3.63, 3.8) is 0 Å². The molecule has 0 radical (unpaired) electrons. The lowest BCUT2D eigenvalue weighted by Crippen LogP contribution is -2.29. The molecule has 0 saturated carbocycles. The van der Waals surface area contributed by atoms with Crippen molar-refractivity contribution in [2.24, 2.45) is 0 Å². The van der Waals surface area contributed by atoms with Crippen LogP contribution >= 0.6 is 0 Å². The summed E-state index contributed by atoms with van der Waals surface area (Å²) in [5.41, 5.74) is 2.73. The van der Waals surface area contributed by atoms with Gasteiger partial charge in [-0.05, 0) is 31.2 Å². The molecule has 0 N–H and O–H groups in total. The summed E-state index contributed by atoms with van der Waals surface area (Å²) in [6, 6.07) is 14.7. The minimum Gasteiger partial charge on any atom is -0.419 e. The minimum atomic E-state index is -0.574. The van der Waals surface area contributed by atoms with Crippen LogP contribution in [0.25, 0.3) is 11.5 Å². The fourth-order valence-corrected chi connectivity index (χ4v) is 2.72. The van der Waals surface area contributed by atoms with Crippen molar-refractivity contribution in [3.05, 3.63) is 65.5 Å². The van der Waals surface area contributed by atoms with Gasteiger partial charge < -0.3 is 4.42 Å². The van der Waals surface area contributed by atoms with E-state index in [1.165, 1.54) is 4.90 Å². The molecular formula is C18H13N3O3. The number of hydrogen-bond acceptors (Lipinski definition) is 5. The van der Waals surface area contributed by atoms with E-state index < -0.39 is 11.7 Å². The lowest BCUT2D eigenvalue weighted by atomic mass is 10.1. The molecule has 6 heteroatoms. The zero-order valence-electron chi connectivity index (χ0n) is 12.9. The van der Waals surface area contributed by atoms with Gasteiger partial charge in [0.15, 0.2) is 0 Å². The lowest BCUT2D eigenvalue weighted by molar-refractivity contribution is -0.114. The molecule has 0 spiro atoms. The number of hydrogen-bond donors (Lipinski definition) is 0. The van der Waals surface area contributed by atoms with Gasteiger partial charge in [0.25, 0.3) is 11.7 Å². The largest absolute Gasteiger partial charge is 0.419 e. The van der Waals surface area contributed by atoms with Crippen LogP contribution in [-0.2, 0) is 11.3 Å². The number of anilines is 1. The highest BCUT2D eigenvalue weighted by Gasteiger charge is 2.36. The molecular weight excluding hydrogens is 306 g/mol. The number of fused-ring (bicyclic) bond motifs is 1. The number of ketones is 1. The molecule has 1 aliphatic heterocycles. The summed E-state index contributed by atoms with van der Waals surface area (Å²) < 4.78 is 5.63. The smallest absolute Gasteiger partial charge is 0.299 e. The van der Waals surface area contributed by atoms with Crippen molar-refractivity contribution in [1.82, 2.24) is 10.2 Å². The topological polar surface area (TPSA) is 76.3 Å². The third-order valence-electron chi connectivity index (χ3n) is 3.91. The quantitative estimate of drug-likeness (QED) is 0.694. The van der Waals surface area contributed by atoms with Gasteiger partial charge in [-0.1, -0.05) is 29.8 Å². The minimum absolute atomic E-state index is 0.0699. The van der Waals surface area contributed by atoms with E-state index in [0.29, 0.717) is 17.1 Å². The first kappa shape index (κ1) is 14.3. The molecule has 1 aromatic heterocycles. The summed E-state index contributed by atoms with van der Waals surface area (Å²) in [5.74, 6) is -0.414. The van der Waals surface area contributed by atoms with Crippen molar-refractivity contribution >= 4 is 17.4 Å². The number of Topliss-reactive ketones (excluding diaryl/α,β-unsaturated/α-hetero) is 1. The average molecular weight is 319 g/mol. The Hall–Kier alpha value is -3.28. The third-order valence-corrected chi connectivity index (χ3v) is 3.91. The van der Waals surface area contributed by atoms with Gasteiger partial charge in [0.2, 0.25) is 11.8 Å². The van der Waals surface area contributed by atoms with Crippen molar-refractivity contribution in [3.8, 4) is 11.5 Å². The van der Waals surface area contributed by atoms with E-state index in [0.717, 1.165) is 11.1 Å². The van der Waals surface area contributed by atoms with E-state index in [9.17, 15) is 9.59 Å². The molecule has 3 aromatic rings. The first-order chi connectivity index (χ1) is 11.6. The van der Waals surface area contributed by atoms with Crippen LogP contribution in [0.2, 0.25) is 0 Å². The maximum absolute atomic E-state index is 12.2. The molecule has 0 atom stereocenters. The molecule has 4 rings (SSSR count). The fraction of sp³-hybridized carbons (Fsp3) is 0.111. The van der Waals surface area contributed by atoms with Gasteiger partial charge in [0.05, 0.1) is 11.3 Å². The van der Waals surface area contributed by atoms with Gasteiger partial charge in [0.1, 0.15) is 6.54 Å². The lowest BCUT2D eigenvalue weighted by Gasteiger charge is -2.13. The first-order valence-corrected chi connectivity index (χ1v) is 7.48. The van der Waals surface area contributed by atoms with E-state index in [2.05, 4.69) is 10.2 Å². The van der Waals surface area contributed by atoms with E-state index in [4.69, 9.17) is 4.42 Å². The Kier molecular flexibility index (Phi) is 3.23. The Morgan fingerprint density at radius 3 is 2.62 bits per heavy atom. The molecule has 1 aliphatic rings. The molecule has 118 valence electrons. The molecule has 24 heavy (non-hydrogen) atoms. The zero-order chi connectivity index (χ0) is 16.7. The molecule has 0 bridgehead atoms. The van der Waals surface area contributed by atoms with Gasteiger partial charge in [-0.25, -0.2) is 0 Å². The molecule has 0 unspecified atom stereocenters. The van der Waals surface area contributed by atoms with E-state index in [1.807, 2.05) is 43.3 Å². The van der Waals surface area contributed by atoms with Crippen LogP contribution in [0.5, 0.6) is 0 Å². The van der Waals surface area contributed by atoms with Crippen LogP contribution in [0.15, 0.2) is 52.9 Å². The second-order valence-electron chi connectivity index (χ2n) is 5.61.